The van der Waals surface area contributed by atoms with Gasteiger partial charge in [-0.3, -0.25) is 24.2 Å². The van der Waals surface area contributed by atoms with Crippen molar-refractivity contribution >= 4 is 35.6 Å². The molecule has 4 atom stereocenters. The molecule has 1 rings (SSSR count). The van der Waals surface area contributed by atoms with Crippen LogP contribution in [0, 0.1) is 0 Å². The van der Waals surface area contributed by atoms with Crippen molar-refractivity contribution < 1.29 is 39.3 Å². The van der Waals surface area contributed by atoms with Gasteiger partial charge in [-0.15, -0.1) is 0 Å². The minimum atomic E-state index is -1.60. The summed E-state index contributed by atoms with van der Waals surface area (Å²) in [6.45, 7) is 0.552. The van der Waals surface area contributed by atoms with Gasteiger partial charge in [0.05, 0.1) is 12.5 Å². The maximum absolute atomic E-state index is 13.2. The zero-order valence-electron chi connectivity index (χ0n) is 22.6. The number of carbonyl (C=O) groups excluding carboxylic acids is 3. The fourth-order valence-corrected chi connectivity index (χ4v) is 3.68. The number of carboxylic acids is 2. The molecule has 0 aliphatic heterocycles. The standard InChI is InChI=1S/C25H40N8O8/c26-10-2-1-5-17(24(40)41)31-22(38)18(12-14-6-8-15(34)9-7-14)33-23(39)19(13-20(35)36)32-21(37)16(27)4-3-11-30-25(28)29/h6-9,16-19,34H,1-5,10-13,26-27H2,(H,31,38)(H,32,37)(H,33,39)(H,35,36)(H,40,41)(H4,28,29,30). The van der Waals surface area contributed by atoms with Crippen LogP contribution in [0.15, 0.2) is 29.3 Å². The van der Waals surface area contributed by atoms with E-state index in [-0.39, 0.29) is 37.5 Å². The summed E-state index contributed by atoms with van der Waals surface area (Å²) in [4.78, 5) is 65.8. The number of hydrogen-bond donors (Lipinski definition) is 10. The number of unbranched alkanes of at least 4 members (excludes halogenated alkanes) is 1. The lowest BCUT2D eigenvalue weighted by Crippen LogP contribution is -2.58. The van der Waals surface area contributed by atoms with Gasteiger partial charge in [-0.1, -0.05) is 12.1 Å². The van der Waals surface area contributed by atoms with Crippen molar-refractivity contribution in [3.63, 3.8) is 0 Å². The number of nitrogens with one attached hydrogen (secondary N) is 3. The van der Waals surface area contributed by atoms with Crippen molar-refractivity contribution in [1.82, 2.24) is 16.0 Å². The van der Waals surface area contributed by atoms with E-state index >= 15 is 0 Å². The molecule has 0 saturated heterocycles. The Balaban J connectivity index is 3.08. The number of amides is 3. The van der Waals surface area contributed by atoms with Crippen LogP contribution in [-0.4, -0.2) is 88.2 Å². The molecular weight excluding hydrogens is 540 g/mol. The molecule has 1 aromatic carbocycles. The van der Waals surface area contributed by atoms with Crippen molar-refractivity contribution in [2.75, 3.05) is 13.1 Å². The Labute approximate surface area is 236 Å². The Morgan fingerprint density at radius 1 is 0.805 bits per heavy atom. The van der Waals surface area contributed by atoms with E-state index in [4.69, 9.17) is 22.9 Å². The first-order chi connectivity index (χ1) is 19.3. The van der Waals surface area contributed by atoms with E-state index in [0.717, 1.165) is 0 Å². The second-order valence-electron chi connectivity index (χ2n) is 9.33. The van der Waals surface area contributed by atoms with Gasteiger partial charge in [0.2, 0.25) is 17.7 Å². The van der Waals surface area contributed by atoms with E-state index in [2.05, 4.69) is 20.9 Å². The molecule has 0 heterocycles. The van der Waals surface area contributed by atoms with Crippen LogP contribution in [0.4, 0.5) is 0 Å². The third kappa shape index (κ3) is 14.0. The molecule has 3 amide bonds. The van der Waals surface area contributed by atoms with Gasteiger partial charge >= 0.3 is 11.9 Å². The summed E-state index contributed by atoms with van der Waals surface area (Å²) >= 11 is 0. The molecule has 0 saturated carbocycles. The van der Waals surface area contributed by atoms with Crippen LogP contribution in [0.2, 0.25) is 0 Å². The Morgan fingerprint density at radius 2 is 1.39 bits per heavy atom. The lowest BCUT2D eigenvalue weighted by atomic mass is 10.0. The third-order valence-corrected chi connectivity index (χ3v) is 5.89. The SMILES string of the molecule is NCCCCC(NC(=O)C(Cc1ccc(O)cc1)NC(=O)C(CC(=O)O)NC(=O)C(N)CCCN=C(N)N)C(=O)O. The van der Waals surface area contributed by atoms with E-state index in [1.807, 2.05) is 0 Å². The van der Waals surface area contributed by atoms with Crippen molar-refractivity contribution in [2.24, 2.45) is 27.9 Å². The fraction of sp³-hybridized carbons (Fsp3) is 0.520. The van der Waals surface area contributed by atoms with Gasteiger partial charge in [0, 0.05) is 13.0 Å². The van der Waals surface area contributed by atoms with E-state index in [0.29, 0.717) is 31.4 Å². The minimum absolute atomic E-state index is 0.0384. The van der Waals surface area contributed by atoms with Crippen LogP contribution < -0.4 is 38.9 Å². The number of phenolic OH excluding ortho intramolecular Hbond substituents is 1. The predicted octanol–water partition coefficient (Wildman–Crippen LogP) is -2.54. The first kappa shape index (κ1) is 34.6. The topological polar surface area (TPSA) is 299 Å². The molecule has 0 radical (unpaired) electrons. The summed E-state index contributed by atoms with van der Waals surface area (Å²) in [5, 5.41) is 35.5. The van der Waals surface area contributed by atoms with Gasteiger partial charge in [-0.05, 0) is 56.3 Å². The molecule has 228 valence electrons. The number of carbonyl (C=O) groups is 5. The van der Waals surface area contributed by atoms with Crippen LogP contribution in [-0.2, 0) is 30.4 Å². The summed E-state index contributed by atoms with van der Waals surface area (Å²) in [6, 6.07) is 0.394. The zero-order valence-corrected chi connectivity index (χ0v) is 22.6. The predicted molar refractivity (Wildman–Crippen MR) is 148 cm³/mol. The summed E-state index contributed by atoms with van der Waals surface area (Å²) < 4.78 is 0. The first-order valence-corrected chi connectivity index (χ1v) is 13.0. The summed E-state index contributed by atoms with van der Waals surface area (Å²) in [7, 11) is 0. The van der Waals surface area contributed by atoms with Crippen molar-refractivity contribution in [3.05, 3.63) is 29.8 Å². The molecule has 0 fully saturated rings. The van der Waals surface area contributed by atoms with Crippen molar-refractivity contribution in [1.29, 1.82) is 0 Å². The fourth-order valence-electron chi connectivity index (χ4n) is 3.68. The number of rotatable bonds is 19. The highest BCUT2D eigenvalue weighted by atomic mass is 16.4. The lowest BCUT2D eigenvalue weighted by molar-refractivity contribution is -0.143. The molecule has 0 aliphatic rings. The van der Waals surface area contributed by atoms with E-state index in [1.165, 1.54) is 24.3 Å². The van der Waals surface area contributed by atoms with Gasteiger partial charge in [0.25, 0.3) is 0 Å². The number of aliphatic imine (C=N–C) groups is 1. The maximum Gasteiger partial charge on any atom is 0.326 e. The molecule has 4 unspecified atom stereocenters. The second kappa shape index (κ2) is 18.0. The Morgan fingerprint density at radius 3 is 1.95 bits per heavy atom. The number of carboxylic acid groups (broad SMARTS) is 2. The zero-order chi connectivity index (χ0) is 30.9. The molecule has 14 N–H and O–H groups in total. The quantitative estimate of drug-likeness (QED) is 0.0460. The molecule has 41 heavy (non-hydrogen) atoms. The van der Waals surface area contributed by atoms with Crippen molar-refractivity contribution in [2.45, 2.75) is 69.1 Å². The highest BCUT2D eigenvalue weighted by molar-refractivity contribution is 5.95. The van der Waals surface area contributed by atoms with Crippen LogP contribution in [0.25, 0.3) is 0 Å². The second-order valence-corrected chi connectivity index (χ2v) is 9.33. The van der Waals surface area contributed by atoms with Crippen LogP contribution >= 0.6 is 0 Å². The summed E-state index contributed by atoms with van der Waals surface area (Å²) in [5.41, 5.74) is 22.3. The van der Waals surface area contributed by atoms with Gasteiger partial charge in [0.1, 0.15) is 23.9 Å². The normalized spacial score (nSPS) is 13.6. The molecule has 0 aromatic heterocycles. The highest BCUT2D eigenvalue weighted by Crippen LogP contribution is 2.12. The molecule has 1 aromatic rings. The van der Waals surface area contributed by atoms with Crippen LogP contribution in [0.1, 0.15) is 44.1 Å². The van der Waals surface area contributed by atoms with Gasteiger partial charge < -0.3 is 54.2 Å². The van der Waals surface area contributed by atoms with Crippen LogP contribution in [0.5, 0.6) is 5.75 Å². The largest absolute Gasteiger partial charge is 0.508 e. The summed E-state index contributed by atoms with van der Waals surface area (Å²) in [5.74, 6) is -5.50. The molecule has 0 spiro atoms. The molecule has 16 heteroatoms. The Hall–Kier alpha value is -4.44. The molecule has 0 aliphatic carbocycles. The van der Waals surface area contributed by atoms with E-state index in [9.17, 15) is 39.3 Å². The highest BCUT2D eigenvalue weighted by Gasteiger charge is 2.31. The average molecular weight is 581 g/mol. The molecular formula is C25H40N8O8. The third-order valence-electron chi connectivity index (χ3n) is 5.89. The smallest absolute Gasteiger partial charge is 0.326 e. The van der Waals surface area contributed by atoms with E-state index in [1.54, 1.807) is 0 Å². The van der Waals surface area contributed by atoms with Crippen molar-refractivity contribution in [3.8, 4) is 5.75 Å². The van der Waals surface area contributed by atoms with E-state index < -0.39 is 60.2 Å². The van der Waals surface area contributed by atoms with Crippen LogP contribution in [0.3, 0.4) is 0 Å². The number of guanidine groups is 1. The maximum atomic E-state index is 13.2. The van der Waals surface area contributed by atoms with Gasteiger partial charge in [-0.2, -0.15) is 0 Å². The lowest BCUT2D eigenvalue weighted by Gasteiger charge is -2.25. The number of phenols is 1. The van der Waals surface area contributed by atoms with Gasteiger partial charge in [-0.25, -0.2) is 4.79 Å². The Bertz CT molecular complexity index is 1060. The van der Waals surface area contributed by atoms with Gasteiger partial charge in [0.15, 0.2) is 5.96 Å². The number of aromatic hydroxyl groups is 1. The summed E-state index contributed by atoms with van der Waals surface area (Å²) in [6.07, 6.45) is 0.594. The number of nitrogens with two attached hydrogens (primary N) is 4. The number of aliphatic carboxylic acids is 2. The Kier molecular flexibility index (Phi) is 15.2. The average Bonchev–Trinajstić information content (AvgIpc) is 2.90. The minimum Gasteiger partial charge on any atom is -0.508 e. The first-order valence-electron chi connectivity index (χ1n) is 13.0. The number of nitrogens with zero attached hydrogens (tertiary/aromatic N) is 1. The number of hydrogen-bond acceptors (Lipinski definition) is 9. The monoisotopic (exact) mass is 580 g/mol. The number of benzene rings is 1. The molecule has 16 nitrogen and oxygen atoms in total. The molecule has 0 bridgehead atoms.